The maximum atomic E-state index is 3.61. The van der Waals surface area contributed by atoms with Gasteiger partial charge in [-0.15, -0.1) is 0 Å². The van der Waals surface area contributed by atoms with Crippen LogP contribution >= 0.6 is 0 Å². The van der Waals surface area contributed by atoms with Gasteiger partial charge < -0.3 is 5.32 Å². The van der Waals surface area contributed by atoms with Gasteiger partial charge in [-0.25, -0.2) is 0 Å². The number of rotatable bonds is 4. The Morgan fingerprint density at radius 3 is 1.56 bits per heavy atom. The minimum absolute atomic E-state index is 1.07. The molecule has 0 saturated carbocycles. The fraction of sp³-hybridized carbons (Fsp3) is 0. The summed E-state index contributed by atoms with van der Waals surface area (Å²) in [5.74, 6) is 0. The van der Waals surface area contributed by atoms with Crippen molar-refractivity contribution in [2.24, 2.45) is 0 Å². The SMILES string of the molecule is c1ccc2c(c1)cc(-c1ccc(Nc3ccc(-c4ccc5ccc6cccc7ccc4c5c67)cc3)cc1)c1ccccc12. The van der Waals surface area contributed by atoms with Gasteiger partial charge in [-0.05, 0) is 106 Å². The highest BCUT2D eigenvalue weighted by Gasteiger charge is 2.12. The standard InChI is InChI=1S/C42H27N/c1-2-9-35-32(6-1)26-40(38-11-4-3-10-37(35)38)28-16-22-34(23-17-28)43-33-20-14-27(15-21-33)36-24-18-31-13-12-29-7-5-8-30-19-25-39(36)42(31)41(29)30/h1-26,43H. The molecule has 0 atom stereocenters. The Labute approximate surface area is 250 Å². The van der Waals surface area contributed by atoms with E-state index in [9.17, 15) is 0 Å². The van der Waals surface area contributed by atoms with Gasteiger partial charge in [0.05, 0.1) is 0 Å². The number of hydrogen-bond donors (Lipinski definition) is 1. The molecule has 0 heterocycles. The van der Waals surface area contributed by atoms with Crippen molar-refractivity contribution in [3.8, 4) is 22.3 Å². The molecule has 0 aromatic heterocycles. The molecule has 0 bridgehead atoms. The molecule has 200 valence electrons. The molecule has 0 unspecified atom stereocenters. The topological polar surface area (TPSA) is 12.0 Å². The van der Waals surface area contributed by atoms with Crippen LogP contribution in [0.15, 0.2) is 158 Å². The van der Waals surface area contributed by atoms with Crippen LogP contribution in [-0.2, 0) is 0 Å². The van der Waals surface area contributed by atoms with Crippen LogP contribution in [0.25, 0.3) is 76.1 Å². The van der Waals surface area contributed by atoms with E-state index in [1.807, 2.05) is 0 Å². The lowest BCUT2D eigenvalue weighted by molar-refractivity contribution is 1.54. The molecule has 1 heteroatoms. The average Bonchev–Trinajstić information content (AvgIpc) is 3.08. The normalized spacial score (nSPS) is 11.7. The first-order valence-electron chi connectivity index (χ1n) is 14.9. The highest BCUT2D eigenvalue weighted by atomic mass is 14.9. The van der Waals surface area contributed by atoms with E-state index < -0.39 is 0 Å². The molecule has 0 fully saturated rings. The monoisotopic (exact) mass is 545 g/mol. The summed E-state index contributed by atoms with van der Waals surface area (Å²) in [6, 6.07) is 57.4. The molecule has 1 nitrogen and oxygen atoms in total. The Kier molecular flexibility index (Phi) is 5.27. The van der Waals surface area contributed by atoms with Crippen LogP contribution in [-0.4, -0.2) is 0 Å². The zero-order valence-electron chi connectivity index (χ0n) is 23.5. The summed E-state index contributed by atoms with van der Waals surface area (Å²) in [5.41, 5.74) is 7.12. The largest absolute Gasteiger partial charge is 0.356 e. The van der Waals surface area contributed by atoms with E-state index in [4.69, 9.17) is 0 Å². The van der Waals surface area contributed by atoms with Gasteiger partial charge in [0.2, 0.25) is 0 Å². The van der Waals surface area contributed by atoms with Crippen LogP contribution in [0.4, 0.5) is 11.4 Å². The number of nitrogens with one attached hydrogen (secondary N) is 1. The second-order valence-corrected chi connectivity index (χ2v) is 11.4. The highest BCUT2D eigenvalue weighted by Crippen LogP contribution is 2.40. The minimum Gasteiger partial charge on any atom is -0.356 e. The fourth-order valence-corrected chi connectivity index (χ4v) is 6.91. The van der Waals surface area contributed by atoms with Crippen LogP contribution in [0, 0.1) is 0 Å². The van der Waals surface area contributed by atoms with E-state index >= 15 is 0 Å². The fourth-order valence-electron chi connectivity index (χ4n) is 6.91. The van der Waals surface area contributed by atoms with Crippen molar-refractivity contribution in [3.63, 3.8) is 0 Å². The van der Waals surface area contributed by atoms with Crippen molar-refractivity contribution >= 4 is 65.2 Å². The third kappa shape index (κ3) is 3.86. The van der Waals surface area contributed by atoms with Crippen LogP contribution in [0.5, 0.6) is 0 Å². The third-order valence-corrected chi connectivity index (χ3v) is 8.98. The lowest BCUT2D eigenvalue weighted by Crippen LogP contribution is -1.91. The number of anilines is 2. The van der Waals surface area contributed by atoms with Crippen LogP contribution in [0.3, 0.4) is 0 Å². The lowest BCUT2D eigenvalue weighted by atomic mass is 9.90. The predicted molar refractivity (Wildman–Crippen MR) is 186 cm³/mol. The molecule has 9 rings (SSSR count). The molecule has 0 aliphatic carbocycles. The smallest absolute Gasteiger partial charge is 0.0384 e. The van der Waals surface area contributed by atoms with Gasteiger partial charge in [-0.2, -0.15) is 0 Å². The molecule has 9 aromatic carbocycles. The summed E-state index contributed by atoms with van der Waals surface area (Å²) < 4.78 is 0. The highest BCUT2D eigenvalue weighted by molar-refractivity contribution is 6.25. The Bertz CT molecular complexity index is 2440. The van der Waals surface area contributed by atoms with Crippen molar-refractivity contribution in [1.29, 1.82) is 0 Å². The molecule has 0 aliphatic rings. The Morgan fingerprint density at radius 1 is 0.302 bits per heavy atom. The molecule has 0 spiro atoms. The van der Waals surface area contributed by atoms with Gasteiger partial charge in [-0.1, -0.05) is 127 Å². The molecule has 0 amide bonds. The lowest BCUT2D eigenvalue weighted by Gasteiger charge is -2.15. The summed E-state index contributed by atoms with van der Waals surface area (Å²) in [7, 11) is 0. The molecule has 9 aromatic rings. The molecule has 0 saturated heterocycles. The first-order chi connectivity index (χ1) is 21.3. The van der Waals surface area contributed by atoms with Gasteiger partial charge in [0.15, 0.2) is 0 Å². The summed E-state index contributed by atoms with van der Waals surface area (Å²) >= 11 is 0. The second-order valence-electron chi connectivity index (χ2n) is 11.4. The van der Waals surface area contributed by atoms with Crippen LogP contribution in [0.1, 0.15) is 0 Å². The van der Waals surface area contributed by atoms with Gasteiger partial charge in [0.25, 0.3) is 0 Å². The zero-order valence-corrected chi connectivity index (χ0v) is 23.5. The maximum Gasteiger partial charge on any atom is 0.0384 e. The summed E-state index contributed by atoms with van der Waals surface area (Å²) in [5, 5.41) is 16.7. The molecule has 43 heavy (non-hydrogen) atoms. The zero-order chi connectivity index (χ0) is 28.3. The van der Waals surface area contributed by atoms with Crippen LogP contribution in [0.2, 0.25) is 0 Å². The first kappa shape index (κ1) is 24.0. The summed E-state index contributed by atoms with van der Waals surface area (Å²) in [4.78, 5) is 0. The van der Waals surface area contributed by atoms with Crippen molar-refractivity contribution in [2.75, 3.05) is 5.32 Å². The first-order valence-corrected chi connectivity index (χ1v) is 14.9. The Morgan fingerprint density at radius 2 is 0.837 bits per heavy atom. The van der Waals surface area contributed by atoms with E-state index in [2.05, 4.69) is 163 Å². The summed E-state index contributed by atoms with van der Waals surface area (Å²) in [6.45, 7) is 0. The van der Waals surface area contributed by atoms with E-state index in [-0.39, 0.29) is 0 Å². The predicted octanol–water partition coefficient (Wildman–Crippen LogP) is 12.0. The quantitative estimate of drug-likeness (QED) is 0.217. The van der Waals surface area contributed by atoms with Gasteiger partial charge in [0.1, 0.15) is 0 Å². The molecular weight excluding hydrogens is 518 g/mol. The van der Waals surface area contributed by atoms with E-state index in [0.717, 1.165) is 11.4 Å². The Balaban J connectivity index is 1.03. The van der Waals surface area contributed by atoms with Crippen molar-refractivity contribution in [1.82, 2.24) is 0 Å². The average molecular weight is 546 g/mol. The molecule has 1 N–H and O–H groups in total. The number of fused-ring (bicyclic) bond motifs is 3. The second kappa shape index (κ2) is 9.44. The van der Waals surface area contributed by atoms with E-state index in [0.29, 0.717) is 0 Å². The van der Waals surface area contributed by atoms with Crippen molar-refractivity contribution in [3.05, 3.63) is 158 Å². The maximum absolute atomic E-state index is 3.61. The van der Waals surface area contributed by atoms with Crippen molar-refractivity contribution in [2.45, 2.75) is 0 Å². The summed E-state index contributed by atoms with van der Waals surface area (Å²) in [6.07, 6.45) is 0. The minimum atomic E-state index is 1.07. The van der Waals surface area contributed by atoms with Gasteiger partial charge in [0, 0.05) is 11.4 Å². The molecule has 0 aliphatic heterocycles. The molecule has 0 radical (unpaired) electrons. The van der Waals surface area contributed by atoms with Gasteiger partial charge in [-0.3, -0.25) is 0 Å². The van der Waals surface area contributed by atoms with Gasteiger partial charge >= 0.3 is 0 Å². The number of hydrogen-bond acceptors (Lipinski definition) is 1. The van der Waals surface area contributed by atoms with Crippen molar-refractivity contribution < 1.29 is 0 Å². The van der Waals surface area contributed by atoms with E-state index in [1.54, 1.807) is 0 Å². The van der Waals surface area contributed by atoms with E-state index in [1.165, 1.54) is 76.1 Å². The third-order valence-electron chi connectivity index (χ3n) is 8.98. The number of benzene rings is 9. The Hall–Kier alpha value is -5.66. The molecular formula is C42H27N. The van der Waals surface area contributed by atoms with Crippen LogP contribution < -0.4 is 5.32 Å².